The van der Waals surface area contributed by atoms with Gasteiger partial charge in [0.2, 0.25) is 0 Å². The largest absolute Gasteiger partial charge is 0.395 e. The highest BCUT2D eigenvalue weighted by Crippen LogP contribution is 2.27. The van der Waals surface area contributed by atoms with E-state index in [1.807, 2.05) is 6.07 Å². The topological polar surface area (TPSA) is 75.6 Å². The molecule has 120 valence electrons. The average molecular weight is 322 g/mol. The maximum Gasteiger partial charge on any atom is 0.0793 e. The van der Waals surface area contributed by atoms with E-state index in [1.54, 1.807) is 17.5 Å². The maximum atomic E-state index is 10.1. The Morgan fingerprint density at radius 3 is 2.82 bits per heavy atom. The van der Waals surface area contributed by atoms with Crippen molar-refractivity contribution in [2.75, 3.05) is 39.3 Å². The lowest BCUT2D eigenvalue weighted by atomic mass is 10.3. The fourth-order valence-corrected chi connectivity index (χ4v) is 3.85. The van der Waals surface area contributed by atoms with Gasteiger partial charge in [0, 0.05) is 50.3 Å². The molecular formula is C15H22N4O2S. The number of thiophene rings is 1. The summed E-state index contributed by atoms with van der Waals surface area (Å²) in [6, 6.07) is 6.22. The molecule has 7 heteroatoms. The van der Waals surface area contributed by atoms with Gasteiger partial charge in [-0.3, -0.25) is 14.9 Å². The highest BCUT2D eigenvalue weighted by Gasteiger charge is 2.21. The lowest BCUT2D eigenvalue weighted by Gasteiger charge is -2.20. The summed E-state index contributed by atoms with van der Waals surface area (Å²) in [5.41, 5.74) is 1.04. The second kappa shape index (κ2) is 7.34. The van der Waals surface area contributed by atoms with Gasteiger partial charge in [0.1, 0.15) is 0 Å². The molecule has 1 atom stereocenters. The zero-order chi connectivity index (χ0) is 15.4. The lowest BCUT2D eigenvalue weighted by Crippen LogP contribution is -2.34. The Balaban J connectivity index is 1.61. The van der Waals surface area contributed by atoms with Crippen molar-refractivity contribution in [3.63, 3.8) is 0 Å². The number of H-pyrrole nitrogens is 1. The van der Waals surface area contributed by atoms with E-state index in [4.69, 9.17) is 5.11 Å². The van der Waals surface area contributed by atoms with E-state index < -0.39 is 0 Å². The number of nitrogens with one attached hydrogen (secondary N) is 1. The Labute approximate surface area is 134 Å². The van der Waals surface area contributed by atoms with Crippen LogP contribution in [0.1, 0.15) is 4.88 Å². The Morgan fingerprint density at radius 2 is 2.05 bits per heavy atom. The van der Waals surface area contributed by atoms with Gasteiger partial charge in [-0.15, -0.1) is 11.3 Å². The molecule has 0 bridgehead atoms. The third-order valence-electron chi connectivity index (χ3n) is 3.89. The molecule has 3 N–H and O–H groups in total. The normalized spacial score (nSPS) is 21.1. The Kier molecular flexibility index (Phi) is 5.22. The monoisotopic (exact) mass is 322 g/mol. The van der Waals surface area contributed by atoms with Crippen molar-refractivity contribution >= 4 is 11.3 Å². The zero-order valence-corrected chi connectivity index (χ0v) is 13.3. The van der Waals surface area contributed by atoms with Crippen LogP contribution in [0.4, 0.5) is 0 Å². The highest BCUT2D eigenvalue weighted by molar-refractivity contribution is 7.15. The first-order valence-corrected chi connectivity index (χ1v) is 8.38. The van der Waals surface area contributed by atoms with Gasteiger partial charge in [-0.05, 0) is 18.2 Å². The number of hydrogen-bond acceptors (Lipinski definition) is 6. The maximum absolute atomic E-state index is 10.1. The number of nitrogens with zero attached hydrogens (tertiary/aromatic N) is 3. The standard InChI is InChI=1S/C15H22N4O2S/c20-8-7-18-5-6-19(10-12(21)9-18)11-13-1-2-15(22-13)14-3-4-16-17-14/h1-4,12,20-21H,5-11H2,(H,16,17). The van der Waals surface area contributed by atoms with Crippen molar-refractivity contribution in [2.45, 2.75) is 12.6 Å². The zero-order valence-electron chi connectivity index (χ0n) is 12.5. The first kappa shape index (κ1) is 15.6. The number of aromatic amines is 1. The quantitative estimate of drug-likeness (QED) is 0.752. The van der Waals surface area contributed by atoms with Crippen LogP contribution in [0.25, 0.3) is 10.6 Å². The van der Waals surface area contributed by atoms with E-state index in [0.717, 1.165) is 25.3 Å². The molecule has 1 fully saturated rings. The van der Waals surface area contributed by atoms with Gasteiger partial charge in [0.25, 0.3) is 0 Å². The number of aliphatic hydroxyl groups excluding tert-OH is 2. The Morgan fingerprint density at radius 1 is 1.23 bits per heavy atom. The molecule has 0 aromatic carbocycles. The van der Waals surface area contributed by atoms with E-state index in [0.29, 0.717) is 19.6 Å². The van der Waals surface area contributed by atoms with Crippen molar-refractivity contribution in [1.29, 1.82) is 0 Å². The van der Waals surface area contributed by atoms with Gasteiger partial charge in [-0.25, -0.2) is 0 Å². The molecule has 1 unspecified atom stereocenters. The van der Waals surface area contributed by atoms with Crippen LogP contribution in [0, 0.1) is 0 Å². The van der Waals surface area contributed by atoms with Crippen molar-refractivity contribution < 1.29 is 10.2 Å². The first-order valence-electron chi connectivity index (χ1n) is 7.56. The molecule has 2 aromatic heterocycles. The SMILES string of the molecule is OCCN1CCN(Cc2ccc(-c3ccn[nH]3)s2)CC(O)C1. The van der Waals surface area contributed by atoms with Crippen LogP contribution in [0.5, 0.6) is 0 Å². The predicted molar refractivity (Wildman–Crippen MR) is 86.7 cm³/mol. The molecule has 0 saturated carbocycles. The van der Waals surface area contributed by atoms with Gasteiger partial charge in [0.15, 0.2) is 0 Å². The minimum atomic E-state index is -0.360. The summed E-state index contributed by atoms with van der Waals surface area (Å²) in [6.07, 6.45) is 1.40. The van der Waals surface area contributed by atoms with Crippen LogP contribution in [0.3, 0.4) is 0 Å². The van der Waals surface area contributed by atoms with Crippen LogP contribution in [-0.2, 0) is 6.54 Å². The molecule has 1 aliphatic heterocycles. The third kappa shape index (κ3) is 3.93. The number of hydrogen-bond donors (Lipinski definition) is 3. The molecule has 6 nitrogen and oxygen atoms in total. The van der Waals surface area contributed by atoms with Gasteiger partial charge in [0.05, 0.1) is 23.3 Å². The molecule has 0 radical (unpaired) electrons. The molecule has 2 aromatic rings. The predicted octanol–water partition coefficient (Wildman–Crippen LogP) is 0.609. The fraction of sp³-hybridized carbons (Fsp3) is 0.533. The average Bonchev–Trinajstić information content (AvgIpc) is 3.12. The molecular weight excluding hydrogens is 300 g/mol. The summed E-state index contributed by atoms with van der Waals surface area (Å²) >= 11 is 1.76. The molecule has 3 rings (SSSR count). The lowest BCUT2D eigenvalue weighted by molar-refractivity contribution is 0.101. The van der Waals surface area contributed by atoms with E-state index in [-0.39, 0.29) is 12.7 Å². The first-order chi connectivity index (χ1) is 10.7. The molecule has 3 heterocycles. The molecule has 22 heavy (non-hydrogen) atoms. The van der Waals surface area contributed by atoms with E-state index in [9.17, 15) is 5.11 Å². The summed E-state index contributed by atoms with van der Waals surface area (Å²) in [5, 5.41) is 26.1. The summed E-state index contributed by atoms with van der Waals surface area (Å²) in [6.45, 7) is 4.74. The molecule has 1 aliphatic rings. The van der Waals surface area contributed by atoms with E-state index in [2.05, 4.69) is 32.1 Å². The van der Waals surface area contributed by atoms with E-state index >= 15 is 0 Å². The summed E-state index contributed by atoms with van der Waals surface area (Å²) < 4.78 is 0. The molecule has 0 spiro atoms. The smallest absolute Gasteiger partial charge is 0.0793 e. The minimum absolute atomic E-state index is 0.144. The number of aliphatic hydroxyl groups is 2. The van der Waals surface area contributed by atoms with Gasteiger partial charge in [-0.1, -0.05) is 0 Å². The summed E-state index contributed by atoms with van der Waals surface area (Å²) in [7, 11) is 0. The second-order valence-electron chi connectivity index (χ2n) is 5.65. The Hall–Kier alpha value is -1.25. The summed E-state index contributed by atoms with van der Waals surface area (Å²) in [5.74, 6) is 0. The van der Waals surface area contributed by atoms with Crippen LogP contribution >= 0.6 is 11.3 Å². The third-order valence-corrected chi connectivity index (χ3v) is 5.00. The highest BCUT2D eigenvalue weighted by atomic mass is 32.1. The Bertz CT molecular complexity index is 572. The minimum Gasteiger partial charge on any atom is -0.395 e. The van der Waals surface area contributed by atoms with Crippen molar-refractivity contribution in [3.8, 4) is 10.6 Å². The number of rotatable bonds is 5. The van der Waals surface area contributed by atoms with Crippen LogP contribution in [-0.4, -0.2) is 75.6 Å². The number of β-amino-alcohol motifs (C(OH)–C–C–N with tert-alkyl or cyclic N) is 2. The van der Waals surface area contributed by atoms with Gasteiger partial charge >= 0.3 is 0 Å². The van der Waals surface area contributed by atoms with Crippen molar-refractivity contribution in [2.24, 2.45) is 0 Å². The van der Waals surface area contributed by atoms with Crippen LogP contribution in [0.15, 0.2) is 24.4 Å². The van der Waals surface area contributed by atoms with Crippen molar-refractivity contribution in [3.05, 3.63) is 29.3 Å². The van der Waals surface area contributed by atoms with Crippen molar-refractivity contribution in [1.82, 2.24) is 20.0 Å². The van der Waals surface area contributed by atoms with E-state index in [1.165, 1.54) is 9.75 Å². The van der Waals surface area contributed by atoms with Gasteiger partial charge < -0.3 is 10.2 Å². The van der Waals surface area contributed by atoms with Crippen LogP contribution < -0.4 is 0 Å². The van der Waals surface area contributed by atoms with Gasteiger partial charge in [-0.2, -0.15) is 5.10 Å². The van der Waals surface area contributed by atoms with Crippen LogP contribution in [0.2, 0.25) is 0 Å². The fourth-order valence-electron chi connectivity index (χ4n) is 2.83. The number of aromatic nitrogens is 2. The second-order valence-corrected chi connectivity index (χ2v) is 6.82. The molecule has 1 saturated heterocycles. The summed E-state index contributed by atoms with van der Waals surface area (Å²) in [4.78, 5) is 6.87. The molecule has 0 aliphatic carbocycles. The molecule has 0 amide bonds.